The molecule has 1 unspecified atom stereocenters. The van der Waals surface area contributed by atoms with E-state index >= 15 is 0 Å². The van der Waals surface area contributed by atoms with Gasteiger partial charge in [0.2, 0.25) is 5.91 Å². The normalized spacial score (nSPS) is 13.6. The van der Waals surface area contributed by atoms with Gasteiger partial charge in [0.1, 0.15) is 0 Å². The van der Waals surface area contributed by atoms with Crippen LogP contribution in [0.25, 0.3) is 0 Å². The van der Waals surface area contributed by atoms with Gasteiger partial charge in [0, 0.05) is 20.2 Å². The fraction of sp³-hybridized carbons (Fsp3) is 0.778. The SMILES string of the molecule is COCCN(CCO)C(=O)C(C)C(N)=NO. The molecule has 4 N–H and O–H groups in total. The number of aliphatic hydroxyl groups excluding tert-OH is 1. The second kappa shape index (κ2) is 7.89. The summed E-state index contributed by atoms with van der Waals surface area (Å²) in [6.45, 7) is 2.33. The van der Waals surface area contributed by atoms with E-state index in [-0.39, 0.29) is 24.9 Å². The van der Waals surface area contributed by atoms with E-state index < -0.39 is 5.92 Å². The number of carbonyl (C=O) groups excluding carboxylic acids is 1. The molecule has 0 aromatic heterocycles. The van der Waals surface area contributed by atoms with Crippen molar-refractivity contribution in [3.63, 3.8) is 0 Å². The first-order valence-corrected chi connectivity index (χ1v) is 4.94. The average molecular weight is 233 g/mol. The Labute approximate surface area is 94.5 Å². The van der Waals surface area contributed by atoms with Gasteiger partial charge in [-0.25, -0.2) is 0 Å². The van der Waals surface area contributed by atoms with E-state index in [2.05, 4.69) is 5.16 Å². The maximum absolute atomic E-state index is 11.8. The van der Waals surface area contributed by atoms with Crippen LogP contribution in [-0.4, -0.2) is 60.4 Å². The molecule has 0 spiro atoms. The van der Waals surface area contributed by atoms with Gasteiger partial charge in [0.25, 0.3) is 0 Å². The van der Waals surface area contributed by atoms with Crippen molar-refractivity contribution in [2.24, 2.45) is 16.8 Å². The maximum atomic E-state index is 11.8. The predicted octanol–water partition coefficient (Wildman–Crippen LogP) is -1.16. The molecule has 1 amide bonds. The number of hydrogen-bond acceptors (Lipinski definition) is 5. The van der Waals surface area contributed by atoms with Crippen LogP contribution in [0, 0.1) is 5.92 Å². The summed E-state index contributed by atoms with van der Waals surface area (Å²) in [7, 11) is 1.52. The maximum Gasteiger partial charge on any atom is 0.233 e. The van der Waals surface area contributed by atoms with Gasteiger partial charge in [0.05, 0.1) is 19.1 Å². The number of nitrogens with zero attached hydrogens (tertiary/aromatic N) is 2. The average Bonchev–Trinajstić information content (AvgIpc) is 2.31. The highest BCUT2D eigenvalue weighted by molar-refractivity contribution is 6.01. The summed E-state index contributed by atoms with van der Waals surface area (Å²) in [6.07, 6.45) is 0. The van der Waals surface area contributed by atoms with Gasteiger partial charge in [-0.3, -0.25) is 4.79 Å². The van der Waals surface area contributed by atoms with Gasteiger partial charge >= 0.3 is 0 Å². The standard InChI is InChI=1S/C9H19N3O4/c1-7(8(10)11-15)9(14)12(3-5-13)4-6-16-2/h7,13,15H,3-6H2,1-2H3,(H2,10,11). The molecule has 7 heteroatoms. The van der Waals surface area contributed by atoms with Crippen LogP contribution in [0.5, 0.6) is 0 Å². The number of nitrogens with two attached hydrogens (primary N) is 1. The second-order valence-electron chi connectivity index (χ2n) is 3.29. The predicted molar refractivity (Wildman–Crippen MR) is 58.1 cm³/mol. The lowest BCUT2D eigenvalue weighted by Crippen LogP contribution is -2.43. The van der Waals surface area contributed by atoms with Crippen molar-refractivity contribution < 1.29 is 19.8 Å². The molecule has 0 saturated heterocycles. The monoisotopic (exact) mass is 233 g/mol. The van der Waals surface area contributed by atoms with Crippen molar-refractivity contribution in [3.05, 3.63) is 0 Å². The molecule has 0 bridgehead atoms. The zero-order chi connectivity index (χ0) is 12.6. The third-order valence-electron chi connectivity index (χ3n) is 2.18. The summed E-state index contributed by atoms with van der Waals surface area (Å²) in [6, 6.07) is 0. The molecular weight excluding hydrogens is 214 g/mol. The lowest BCUT2D eigenvalue weighted by Gasteiger charge is -2.24. The third kappa shape index (κ3) is 4.45. The number of hydrogen-bond donors (Lipinski definition) is 3. The number of aliphatic hydroxyl groups is 1. The highest BCUT2D eigenvalue weighted by Gasteiger charge is 2.23. The van der Waals surface area contributed by atoms with Crippen LogP contribution in [0.2, 0.25) is 0 Å². The van der Waals surface area contributed by atoms with E-state index in [1.165, 1.54) is 18.9 Å². The number of methoxy groups -OCH3 is 1. The molecule has 0 heterocycles. The number of rotatable bonds is 7. The smallest absolute Gasteiger partial charge is 0.233 e. The molecule has 0 fully saturated rings. The summed E-state index contributed by atoms with van der Waals surface area (Å²) in [5, 5.41) is 20.1. The number of ether oxygens (including phenoxy) is 1. The van der Waals surface area contributed by atoms with Crippen molar-refractivity contribution in [2.75, 3.05) is 33.4 Å². The Kier molecular flexibility index (Phi) is 7.23. The molecular formula is C9H19N3O4. The molecule has 0 aliphatic heterocycles. The van der Waals surface area contributed by atoms with E-state index in [9.17, 15) is 4.79 Å². The lowest BCUT2D eigenvalue weighted by atomic mass is 10.1. The first-order valence-electron chi connectivity index (χ1n) is 4.94. The summed E-state index contributed by atoms with van der Waals surface area (Å²) in [5.41, 5.74) is 5.34. The Hall–Kier alpha value is -1.34. The van der Waals surface area contributed by atoms with E-state index in [0.29, 0.717) is 13.2 Å². The van der Waals surface area contributed by atoms with Gasteiger partial charge in [-0.15, -0.1) is 0 Å². The van der Waals surface area contributed by atoms with Crippen LogP contribution in [0.3, 0.4) is 0 Å². The van der Waals surface area contributed by atoms with Gasteiger partial charge in [0.15, 0.2) is 5.84 Å². The molecule has 0 aliphatic carbocycles. The van der Waals surface area contributed by atoms with Crippen molar-refractivity contribution in [3.8, 4) is 0 Å². The Bertz CT molecular complexity index is 245. The van der Waals surface area contributed by atoms with Gasteiger partial charge in [-0.05, 0) is 6.92 Å². The van der Waals surface area contributed by atoms with E-state index in [1.54, 1.807) is 0 Å². The van der Waals surface area contributed by atoms with Crippen molar-refractivity contribution in [2.45, 2.75) is 6.92 Å². The van der Waals surface area contributed by atoms with E-state index in [1.807, 2.05) is 0 Å². The number of oxime groups is 1. The fourth-order valence-corrected chi connectivity index (χ4v) is 1.14. The van der Waals surface area contributed by atoms with Crippen LogP contribution in [0.1, 0.15) is 6.92 Å². The third-order valence-corrected chi connectivity index (χ3v) is 2.18. The highest BCUT2D eigenvalue weighted by Crippen LogP contribution is 2.02. The quantitative estimate of drug-likeness (QED) is 0.222. The zero-order valence-corrected chi connectivity index (χ0v) is 9.59. The van der Waals surface area contributed by atoms with Crippen LogP contribution in [0.4, 0.5) is 0 Å². The number of carbonyl (C=O) groups is 1. The lowest BCUT2D eigenvalue weighted by molar-refractivity contribution is -0.134. The summed E-state index contributed by atoms with van der Waals surface area (Å²) < 4.78 is 4.85. The highest BCUT2D eigenvalue weighted by atomic mass is 16.5. The number of amides is 1. The minimum atomic E-state index is -0.714. The molecule has 7 nitrogen and oxygen atoms in total. The minimum Gasteiger partial charge on any atom is -0.409 e. The molecule has 0 rings (SSSR count). The second-order valence-corrected chi connectivity index (χ2v) is 3.29. The van der Waals surface area contributed by atoms with Crippen molar-refractivity contribution in [1.82, 2.24) is 4.90 Å². The van der Waals surface area contributed by atoms with Crippen LogP contribution < -0.4 is 5.73 Å². The van der Waals surface area contributed by atoms with Gasteiger partial charge < -0.3 is 25.7 Å². The minimum absolute atomic E-state index is 0.141. The largest absolute Gasteiger partial charge is 0.409 e. The Morgan fingerprint density at radius 1 is 1.56 bits per heavy atom. The molecule has 0 aliphatic rings. The van der Waals surface area contributed by atoms with Crippen LogP contribution >= 0.6 is 0 Å². The first-order chi connectivity index (χ1) is 7.58. The Morgan fingerprint density at radius 3 is 2.62 bits per heavy atom. The Morgan fingerprint density at radius 2 is 2.19 bits per heavy atom. The molecule has 1 atom stereocenters. The van der Waals surface area contributed by atoms with Gasteiger partial charge in [-0.1, -0.05) is 5.16 Å². The van der Waals surface area contributed by atoms with Gasteiger partial charge in [-0.2, -0.15) is 0 Å². The zero-order valence-electron chi connectivity index (χ0n) is 9.59. The van der Waals surface area contributed by atoms with Crippen molar-refractivity contribution >= 4 is 11.7 Å². The molecule has 94 valence electrons. The van der Waals surface area contributed by atoms with E-state index in [4.69, 9.17) is 20.8 Å². The molecule has 0 radical (unpaired) electrons. The first kappa shape index (κ1) is 14.7. The van der Waals surface area contributed by atoms with Crippen LogP contribution in [-0.2, 0) is 9.53 Å². The van der Waals surface area contributed by atoms with Crippen molar-refractivity contribution in [1.29, 1.82) is 0 Å². The summed E-state index contributed by atoms with van der Waals surface area (Å²) in [4.78, 5) is 13.2. The molecule has 16 heavy (non-hydrogen) atoms. The summed E-state index contributed by atoms with van der Waals surface area (Å²) >= 11 is 0. The fourth-order valence-electron chi connectivity index (χ4n) is 1.14. The summed E-state index contributed by atoms with van der Waals surface area (Å²) in [5.74, 6) is -1.17. The molecule has 0 aromatic rings. The Balaban J connectivity index is 4.47. The molecule has 0 saturated carbocycles. The topological polar surface area (TPSA) is 108 Å². The number of amidine groups is 1. The molecule has 0 aromatic carbocycles. The van der Waals surface area contributed by atoms with Crippen LogP contribution in [0.15, 0.2) is 5.16 Å². The van der Waals surface area contributed by atoms with E-state index in [0.717, 1.165) is 0 Å².